The maximum Gasteiger partial charge on any atom is 0.320 e. The molecule has 7 nitrogen and oxygen atoms in total. The summed E-state index contributed by atoms with van der Waals surface area (Å²) in [6, 6.07) is 1.46. The summed E-state index contributed by atoms with van der Waals surface area (Å²) in [4.78, 5) is 20.5. The van der Waals surface area contributed by atoms with E-state index in [1.165, 1.54) is 6.07 Å². The van der Waals surface area contributed by atoms with Crippen molar-refractivity contribution in [2.24, 2.45) is 5.73 Å². The minimum atomic E-state index is -1.18. The van der Waals surface area contributed by atoms with E-state index in [0.717, 1.165) is 6.07 Å². The Kier molecular flexibility index (Phi) is 4.23. The van der Waals surface area contributed by atoms with Gasteiger partial charge in [-0.15, -0.1) is 0 Å². The predicted molar refractivity (Wildman–Crippen MR) is 66.8 cm³/mol. The Labute approximate surface area is 110 Å². The van der Waals surface area contributed by atoms with E-state index in [-0.39, 0.29) is 9.99 Å². The molecule has 0 aliphatic carbocycles. The third-order valence-corrected chi connectivity index (χ3v) is 2.89. The topological polar surface area (TPSA) is 127 Å². The summed E-state index contributed by atoms with van der Waals surface area (Å²) < 4.78 is 0.282. The SMILES string of the molecule is NC(Cc1cc(I)c(O)c([N+](=O)[O-])c1)C(=O)O. The van der Waals surface area contributed by atoms with Crippen molar-refractivity contribution in [2.75, 3.05) is 0 Å². The first kappa shape index (κ1) is 13.6. The molecule has 0 aliphatic rings. The number of aromatic hydroxyl groups is 1. The monoisotopic (exact) mass is 352 g/mol. The van der Waals surface area contributed by atoms with Crippen LogP contribution in [-0.4, -0.2) is 27.1 Å². The molecule has 8 heteroatoms. The van der Waals surface area contributed by atoms with Crippen LogP contribution >= 0.6 is 22.6 Å². The maximum absolute atomic E-state index is 10.6. The molecule has 0 aromatic heterocycles. The molecule has 0 fully saturated rings. The lowest BCUT2D eigenvalue weighted by atomic mass is 10.1. The lowest BCUT2D eigenvalue weighted by molar-refractivity contribution is -0.386. The molecule has 17 heavy (non-hydrogen) atoms. The van der Waals surface area contributed by atoms with Gasteiger partial charge in [-0.3, -0.25) is 14.9 Å². The number of nitrogens with two attached hydrogens (primary N) is 1. The van der Waals surface area contributed by atoms with Gasteiger partial charge < -0.3 is 15.9 Å². The summed E-state index contributed by atoms with van der Waals surface area (Å²) in [5.74, 6) is -1.61. The Hall–Kier alpha value is -1.42. The zero-order valence-electron chi connectivity index (χ0n) is 8.46. The lowest BCUT2D eigenvalue weighted by Crippen LogP contribution is -2.32. The number of hydrogen-bond donors (Lipinski definition) is 3. The number of carboxylic acids is 1. The van der Waals surface area contributed by atoms with Gasteiger partial charge in [-0.2, -0.15) is 0 Å². The van der Waals surface area contributed by atoms with Crippen LogP contribution in [0.3, 0.4) is 0 Å². The van der Waals surface area contributed by atoms with Crippen molar-refractivity contribution in [3.8, 4) is 5.75 Å². The van der Waals surface area contributed by atoms with Crippen molar-refractivity contribution in [2.45, 2.75) is 12.5 Å². The van der Waals surface area contributed by atoms with E-state index in [4.69, 9.17) is 10.8 Å². The lowest BCUT2D eigenvalue weighted by Gasteiger charge is -2.07. The fourth-order valence-corrected chi connectivity index (χ4v) is 1.91. The molecule has 0 spiro atoms. The number of nitro groups is 1. The maximum atomic E-state index is 10.6. The van der Waals surface area contributed by atoms with Crippen molar-refractivity contribution >= 4 is 34.2 Å². The van der Waals surface area contributed by atoms with Crippen molar-refractivity contribution in [3.63, 3.8) is 0 Å². The summed E-state index contributed by atoms with van der Waals surface area (Å²) in [7, 11) is 0. The van der Waals surface area contributed by atoms with Gasteiger partial charge in [-0.05, 0) is 40.6 Å². The van der Waals surface area contributed by atoms with E-state index in [1.54, 1.807) is 22.6 Å². The first-order valence-electron chi connectivity index (χ1n) is 4.47. The van der Waals surface area contributed by atoms with Gasteiger partial charge in [0.15, 0.2) is 0 Å². The van der Waals surface area contributed by atoms with Crippen molar-refractivity contribution in [1.82, 2.24) is 0 Å². The second-order valence-corrected chi connectivity index (χ2v) is 4.51. The Morgan fingerprint density at radius 1 is 1.59 bits per heavy atom. The van der Waals surface area contributed by atoms with Crippen LogP contribution in [0.4, 0.5) is 5.69 Å². The van der Waals surface area contributed by atoms with E-state index in [1.807, 2.05) is 0 Å². The highest BCUT2D eigenvalue weighted by Crippen LogP contribution is 2.32. The number of aliphatic carboxylic acids is 1. The van der Waals surface area contributed by atoms with E-state index >= 15 is 0 Å². The average Bonchev–Trinajstić information content (AvgIpc) is 2.22. The average molecular weight is 352 g/mol. The number of nitro benzene ring substituents is 1. The number of halogens is 1. The van der Waals surface area contributed by atoms with Gasteiger partial charge >= 0.3 is 11.7 Å². The normalized spacial score (nSPS) is 12.1. The highest BCUT2D eigenvalue weighted by Gasteiger charge is 2.20. The minimum Gasteiger partial charge on any atom is -0.501 e. The molecule has 1 atom stereocenters. The van der Waals surface area contributed by atoms with Crippen LogP contribution in [0.25, 0.3) is 0 Å². The molecule has 1 aromatic carbocycles. The molecule has 4 N–H and O–H groups in total. The van der Waals surface area contributed by atoms with Crippen LogP contribution in [0.5, 0.6) is 5.75 Å². The predicted octanol–water partition coefficient (Wildman–Crippen LogP) is 0.859. The Morgan fingerprint density at radius 3 is 2.65 bits per heavy atom. The molecular formula is C9H9IN2O5. The van der Waals surface area contributed by atoms with Gasteiger partial charge in [0.05, 0.1) is 8.49 Å². The second kappa shape index (κ2) is 5.27. The molecular weight excluding hydrogens is 343 g/mol. The molecule has 1 rings (SSSR count). The van der Waals surface area contributed by atoms with E-state index in [0.29, 0.717) is 5.56 Å². The fourth-order valence-electron chi connectivity index (χ4n) is 1.24. The smallest absolute Gasteiger partial charge is 0.320 e. The van der Waals surface area contributed by atoms with Crippen molar-refractivity contribution in [3.05, 3.63) is 31.4 Å². The molecule has 1 unspecified atom stereocenters. The van der Waals surface area contributed by atoms with Crippen LogP contribution in [0.2, 0.25) is 0 Å². The highest BCUT2D eigenvalue weighted by molar-refractivity contribution is 14.1. The van der Waals surface area contributed by atoms with E-state index in [9.17, 15) is 20.0 Å². The number of rotatable bonds is 4. The molecule has 0 saturated carbocycles. The zero-order chi connectivity index (χ0) is 13.2. The molecule has 0 aliphatic heterocycles. The molecule has 0 bridgehead atoms. The van der Waals surface area contributed by atoms with Gasteiger partial charge in [0.1, 0.15) is 6.04 Å². The standard InChI is InChI=1S/C9H9IN2O5/c10-5-1-4(2-6(11)9(14)15)3-7(8(5)13)12(16)17/h1,3,6,13H,2,11H2,(H,14,15). The second-order valence-electron chi connectivity index (χ2n) is 3.35. The van der Waals surface area contributed by atoms with Crippen LogP contribution in [0.15, 0.2) is 12.1 Å². The number of carbonyl (C=O) groups is 1. The van der Waals surface area contributed by atoms with Crippen molar-refractivity contribution in [1.29, 1.82) is 0 Å². The summed E-state index contributed by atoms with van der Waals surface area (Å²) in [6.07, 6.45) is -0.0353. The third kappa shape index (κ3) is 3.27. The third-order valence-electron chi connectivity index (χ3n) is 2.07. The highest BCUT2D eigenvalue weighted by atomic mass is 127. The molecule has 0 radical (unpaired) electrons. The quantitative estimate of drug-likeness (QED) is 0.419. The molecule has 92 valence electrons. The molecule has 0 saturated heterocycles. The summed E-state index contributed by atoms with van der Waals surface area (Å²) >= 11 is 1.73. The number of carboxylic acid groups (broad SMARTS) is 1. The molecule has 0 amide bonds. The molecule has 1 aromatic rings. The van der Waals surface area contributed by atoms with E-state index in [2.05, 4.69) is 0 Å². The number of nitrogens with zero attached hydrogens (tertiary/aromatic N) is 1. The molecule has 0 heterocycles. The Morgan fingerprint density at radius 2 is 2.18 bits per heavy atom. The van der Waals surface area contributed by atoms with Gasteiger partial charge in [0, 0.05) is 6.07 Å². The number of benzene rings is 1. The minimum absolute atomic E-state index is 0.0353. The Bertz CT molecular complexity index is 477. The summed E-state index contributed by atoms with van der Waals surface area (Å²) in [5, 5.41) is 28.7. The van der Waals surface area contributed by atoms with Crippen LogP contribution < -0.4 is 5.73 Å². The Balaban J connectivity index is 3.11. The van der Waals surface area contributed by atoms with Crippen LogP contribution in [-0.2, 0) is 11.2 Å². The number of phenolic OH excluding ortho intramolecular Hbond substituents is 1. The summed E-state index contributed by atoms with van der Waals surface area (Å²) in [6.45, 7) is 0. The van der Waals surface area contributed by atoms with E-state index < -0.39 is 28.4 Å². The van der Waals surface area contributed by atoms with Crippen LogP contribution in [0, 0.1) is 13.7 Å². The zero-order valence-corrected chi connectivity index (χ0v) is 10.6. The van der Waals surface area contributed by atoms with Gasteiger partial charge in [0.2, 0.25) is 5.75 Å². The number of phenols is 1. The van der Waals surface area contributed by atoms with Gasteiger partial charge in [-0.1, -0.05) is 0 Å². The summed E-state index contributed by atoms with van der Waals surface area (Å²) in [5.41, 5.74) is 5.27. The number of hydrogen-bond acceptors (Lipinski definition) is 5. The van der Waals surface area contributed by atoms with Gasteiger partial charge in [0.25, 0.3) is 0 Å². The van der Waals surface area contributed by atoms with Gasteiger partial charge in [-0.25, -0.2) is 0 Å². The first-order valence-corrected chi connectivity index (χ1v) is 5.55. The van der Waals surface area contributed by atoms with Crippen molar-refractivity contribution < 1.29 is 19.9 Å². The first-order chi connectivity index (χ1) is 7.82. The van der Waals surface area contributed by atoms with Crippen LogP contribution in [0.1, 0.15) is 5.56 Å². The fraction of sp³-hybridized carbons (Fsp3) is 0.222. The largest absolute Gasteiger partial charge is 0.501 e.